The third-order valence-electron chi connectivity index (χ3n) is 3.78. The highest BCUT2D eigenvalue weighted by Crippen LogP contribution is 2.38. The minimum absolute atomic E-state index is 0.149. The Labute approximate surface area is 114 Å². The van der Waals surface area contributed by atoms with Gasteiger partial charge in [-0.25, -0.2) is 0 Å². The lowest BCUT2D eigenvalue weighted by molar-refractivity contribution is -0.144. The molecule has 1 aliphatic carbocycles. The summed E-state index contributed by atoms with van der Waals surface area (Å²) in [6, 6.07) is 3.52. The van der Waals surface area contributed by atoms with Gasteiger partial charge in [0, 0.05) is 30.0 Å². The molecule has 0 fully saturated rings. The molecule has 1 aliphatic heterocycles. The van der Waals surface area contributed by atoms with E-state index in [-0.39, 0.29) is 36.0 Å². The van der Waals surface area contributed by atoms with Crippen molar-refractivity contribution in [2.45, 2.75) is 25.2 Å². The van der Waals surface area contributed by atoms with Crippen LogP contribution >= 0.6 is 0 Å². The second kappa shape index (κ2) is 4.63. The summed E-state index contributed by atoms with van der Waals surface area (Å²) >= 11 is 0. The highest BCUT2D eigenvalue weighted by Gasteiger charge is 2.41. The van der Waals surface area contributed by atoms with Crippen LogP contribution in [-0.4, -0.2) is 22.8 Å². The van der Waals surface area contributed by atoms with Crippen molar-refractivity contribution in [2.24, 2.45) is 5.92 Å². The van der Waals surface area contributed by atoms with Gasteiger partial charge in [0.15, 0.2) is 5.78 Å². The van der Waals surface area contributed by atoms with Gasteiger partial charge in [-0.15, -0.1) is 0 Å². The van der Waals surface area contributed by atoms with Gasteiger partial charge in [-0.3, -0.25) is 14.4 Å². The van der Waals surface area contributed by atoms with Crippen molar-refractivity contribution < 1.29 is 23.9 Å². The van der Waals surface area contributed by atoms with Crippen molar-refractivity contribution >= 4 is 17.7 Å². The van der Waals surface area contributed by atoms with Crippen molar-refractivity contribution in [3.05, 3.63) is 35.4 Å². The number of ketones is 1. The van der Waals surface area contributed by atoms with Gasteiger partial charge in [0.2, 0.25) is 5.91 Å². The summed E-state index contributed by atoms with van der Waals surface area (Å²) in [6.45, 7) is 0. The van der Waals surface area contributed by atoms with E-state index < -0.39 is 11.9 Å². The number of carbonyl (C=O) groups excluding carboxylic acids is 2. The third kappa shape index (κ3) is 2.03. The third-order valence-corrected chi connectivity index (χ3v) is 3.78. The number of aliphatic carboxylic acids is 1. The van der Waals surface area contributed by atoms with E-state index in [9.17, 15) is 19.5 Å². The molecule has 1 aromatic heterocycles. The summed E-state index contributed by atoms with van der Waals surface area (Å²) in [5.74, 6) is -2.20. The molecule has 104 valence electrons. The lowest BCUT2D eigenvalue weighted by Gasteiger charge is -2.31. The molecule has 0 bridgehead atoms. The Hall–Kier alpha value is -2.37. The van der Waals surface area contributed by atoms with Crippen molar-refractivity contribution in [1.82, 2.24) is 5.32 Å². The van der Waals surface area contributed by atoms with Crippen LogP contribution in [0.25, 0.3) is 0 Å². The van der Waals surface area contributed by atoms with E-state index in [0.717, 1.165) is 0 Å². The Balaban J connectivity index is 1.97. The Kier molecular flexibility index (Phi) is 2.93. The fourth-order valence-electron chi connectivity index (χ4n) is 2.90. The van der Waals surface area contributed by atoms with Crippen LogP contribution in [0.15, 0.2) is 34.1 Å². The van der Waals surface area contributed by atoms with Crippen LogP contribution in [0.5, 0.6) is 0 Å². The van der Waals surface area contributed by atoms with Crippen LogP contribution < -0.4 is 5.32 Å². The zero-order valence-electron chi connectivity index (χ0n) is 10.6. The van der Waals surface area contributed by atoms with E-state index in [2.05, 4.69) is 5.32 Å². The van der Waals surface area contributed by atoms with E-state index in [1.807, 2.05) is 0 Å². The molecule has 0 radical (unpaired) electrons. The summed E-state index contributed by atoms with van der Waals surface area (Å²) in [4.78, 5) is 35.1. The molecule has 20 heavy (non-hydrogen) atoms. The molecule has 2 heterocycles. The lowest BCUT2D eigenvalue weighted by Crippen LogP contribution is -2.41. The molecule has 6 heteroatoms. The number of Topliss-reactive ketones (excluding diaryl/α,β-unsaturated/α-hetero) is 1. The van der Waals surface area contributed by atoms with Crippen molar-refractivity contribution in [3.63, 3.8) is 0 Å². The Morgan fingerprint density at radius 3 is 2.75 bits per heavy atom. The summed E-state index contributed by atoms with van der Waals surface area (Å²) in [6.07, 6.45) is 1.99. The summed E-state index contributed by atoms with van der Waals surface area (Å²) in [5, 5.41) is 11.8. The highest BCUT2D eigenvalue weighted by molar-refractivity contribution is 6.05. The normalized spacial score (nSPS) is 26.2. The molecule has 2 atom stereocenters. The molecule has 6 nitrogen and oxygen atoms in total. The molecule has 0 saturated heterocycles. The monoisotopic (exact) mass is 275 g/mol. The standard InChI is InChI=1S/C14H13NO5/c16-10-5-7(11-2-1-3-20-11)4-9-13(10)8(14(18)19)6-12(17)15-9/h1-3,7-8H,4-6H2,(H,15,17)(H,18,19)/t7-,8-/m0/s1. The first-order valence-electron chi connectivity index (χ1n) is 6.38. The SMILES string of the molecule is O=C1C[C@H](C(=O)O)C2=C(C[C@H](c3ccco3)CC2=O)N1. The van der Waals surface area contributed by atoms with Gasteiger partial charge < -0.3 is 14.8 Å². The van der Waals surface area contributed by atoms with E-state index in [0.29, 0.717) is 17.9 Å². The van der Waals surface area contributed by atoms with Crippen LogP contribution in [0.1, 0.15) is 30.9 Å². The summed E-state index contributed by atoms with van der Waals surface area (Å²) in [7, 11) is 0. The van der Waals surface area contributed by atoms with Crippen molar-refractivity contribution in [3.8, 4) is 0 Å². The maximum atomic E-state index is 12.2. The molecule has 1 aromatic rings. The number of hydrogen-bond acceptors (Lipinski definition) is 4. The number of rotatable bonds is 2. The predicted molar refractivity (Wildman–Crippen MR) is 66.6 cm³/mol. The number of hydrogen-bond donors (Lipinski definition) is 2. The maximum absolute atomic E-state index is 12.2. The van der Waals surface area contributed by atoms with Crippen LogP contribution in [0.2, 0.25) is 0 Å². The van der Waals surface area contributed by atoms with E-state index in [1.54, 1.807) is 12.1 Å². The van der Waals surface area contributed by atoms with Gasteiger partial charge in [0.05, 0.1) is 12.2 Å². The highest BCUT2D eigenvalue weighted by atomic mass is 16.4. The fourth-order valence-corrected chi connectivity index (χ4v) is 2.90. The number of amides is 1. The van der Waals surface area contributed by atoms with E-state index in [4.69, 9.17) is 4.42 Å². The topological polar surface area (TPSA) is 96.6 Å². The zero-order valence-corrected chi connectivity index (χ0v) is 10.6. The zero-order chi connectivity index (χ0) is 14.3. The second-order valence-electron chi connectivity index (χ2n) is 5.08. The molecule has 3 rings (SSSR count). The van der Waals surface area contributed by atoms with Gasteiger partial charge >= 0.3 is 5.97 Å². The maximum Gasteiger partial charge on any atom is 0.311 e. The van der Waals surface area contributed by atoms with Gasteiger partial charge in [0.25, 0.3) is 0 Å². The lowest BCUT2D eigenvalue weighted by atomic mass is 9.77. The molecular weight excluding hydrogens is 262 g/mol. The number of allylic oxidation sites excluding steroid dienone is 1. The second-order valence-corrected chi connectivity index (χ2v) is 5.08. The van der Waals surface area contributed by atoms with Gasteiger partial charge in [-0.05, 0) is 18.6 Å². The smallest absolute Gasteiger partial charge is 0.311 e. The Morgan fingerprint density at radius 1 is 1.30 bits per heavy atom. The molecule has 1 amide bonds. The summed E-state index contributed by atoms with van der Waals surface area (Å²) < 4.78 is 5.30. The van der Waals surface area contributed by atoms with Crippen molar-refractivity contribution in [2.75, 3.05) is 0 Å². The van der Waals surface area contributed by atoms with Crippen LogP contribution in [0.3, 0.4) is 0 Å². The van der Waals surface area contributed by atoms with Crippen molar-refractivity contribution in [1.29, 1.82) is 0 Å². The Morgan fingerprint density at radius 2 is 2.10 bits per heavy atom. The number of carboxylic acids is 1. The Bertz CT molecular complexity index is 614. The average Bonchev–Trinajstić information content (AvgIpc) is 2.90. The summed E-state index contributed by atoms with van der Waals surface area (Å²) in [5.41, 5.74) is 0.686. The number of carbonyl (C=O) groups is 3. The van der Waals surface area contributed by atoms with E-state index in [1.165, 1.54) is 6.26 Å². The molecular formula is C14H13NO5. The number of furan rings is 1. The van der Waals surface area contributed by atoms with Gasteiger partial charge in [0.1, 0.15) is 5.76 Å². The first-order chi connectivity index (χ1) is 9.56. The molecule has 0 aromatic carbocycles. The van der Waals surface area contributed by atoms with Crippen LogP contribution in [0, 0.1) is 5.92 Å². The minimum atomic E-state index is -1.13. The molecule has 2 aliphatic rings. The van der Waals surface area contributed by atoms with Crippen LogP contribution in [-0.2, 0) is 14.4 Å². The molecule has 2 N–H and O–H groups in total. The first kappa shape index (κ1) is 12.7. The fraction of sp³-hybridized carbons (Fsp3) is 0.357. The minimum Gasteiger partial charge on any atom is -0.481 e. The quantitative estimate of drug-likeness (QED) is 0.845. The van der Waals surface area contributed by atoms with E-state index >= 15 is 0 Å². The largest absolute Gasteiger partial charge is 0.481 e. The number of nitrogens with one attached hydrogen (secondary N) is 1. The predicted octanol–water partition coefficient (Wildman–Crippen LogP) is 1.20. The van der Waals surface area contributed by atoms with Crippen LogP contribution in [0.4, 0.5) is 0 Å². The molecule has 0 unspecified atom stereocenters. The molecule has 0 saturated carbocycles. The van der Waals surface area contributed by atoms with Gasteiger partial charge in [-0.2, -0.15) is 0 Å². The van der Waals surface area contributed by atoms with Gasteiger partial charge in [-0.1, -0.05) is 0 Å². The first-order valence-corrected chi connectivity index (χ1v) is 6.38. The number of carboxylic acid groups (broad SMARTS) is 1. The average molecular weight is 275 g/mol. The molecule has 0 spiro atoms.